The van der Waals surface area contributed by atoms with Gasteiger partial charge in [0, 0.05) is 18.7 Å². The van der Waals surface area contributed by atoms with Crippen LogP contribution in [0.4, 0.5) is 0 Å². The van der Waals surface area contributed by atoms with Crippen molar-refractivity contribution < 1.29 is 9.59 Å². The third kappa shape index (κ3) is 4.57. The van der Waals surface area contributed by atoms with Crippen molar-refractivity contribution in [2.75, 3.05) is 5.75 Å². The van der Waals surface area contributed by atoms with Gasteiger partial charge in [0.1, 0.15) is 5.37 Å². The molecule has 0 saturated carbocycles. The van der Waals surface area contributed by atoms with Gasteiger partial charge in [0.05, 0.1) is 5.75 Å². The fraction of sp³-hybridized carbons (Fsp3) is 0.200. The highest BCUT2D eigenvalue weighted by molar-refractivity contribution is 8.00. The Morgan fingerprint density at radius 3 is 2.43 bits per heavy atom. The zero-order valence-corrected chi connectivity index (χ0v) is 17.7. The van der Waals surface area contributed by atoms with Gasteiger partial charge in [-0.15, -0.1) is 11.8 Å². The lowest BCUT2D eigenvalue weighted by Gasteiger charge is -2.24. The molecule has 1 N–H and O–H groups in total. The van der Waals surface area contributed by atoms with E-state index in [-0.39, 0.29) is 17.2 Å². The van der Waals surface area contributed by atoms with E-state index in [9.17, 15) is 9.59 Å². The van der Waals surface area contributed by atoms with E-state index in [1.165, 1.54) is 0 Å². The zero-order valence-electron chi connectivity index (χ0n) is 16.9. The van der Waals surface area contributed by atoms with Crippen molar-refractivity contribution in [3.8, 4) is 0 Å². The third-order valence-electron chi connectivity index (χ3n) is 5.32. The van der Waals surface area contributed by atoms with Crippen LogP contribution in [-0.2, 0) is 17.9 Å². The van der Waals surface area contributed by atoms with Crippen molar-refractivity contribution in [3.63, 3.8) is 0 Å². The Hall–Kier alpha value is -3.05. The number of hydrogen-bond acceptors (Lipinski definition) is 3. The average Bonchev–Trinajstić information content (AvgIpc) is 3.14. The van der Waals surface area contributed by atoms with Crippen LogP contribution in [0.25, 0.3) is 0 Å². The lowest BCUT2D eigenvalue weighted by Crippen LogP contribution is -2.27. The van der Waals surface area contributed by atoms with Crippen molar-refractivity contribution in [1.29, 1.82) is 0 Å². The van der Waals surface area contributed by atoms with Gasteiger partial charge in [0.25, 0.3) is 5.91 Å². The Bertz CT molecular complexity index is 1030. The maximum Gasteiger partial charge on any atom is 0.251 e. The van der Waals surface area contributed by atoms with Gasteiger partial charge in [-0.3, -0.25) is 9.59 Å². The second-order valence-electron chi connectivity index (χ2n) is 7.40. The first-order chi connectivity index (χ1) is 14.6. The number of benzene rings is 3. The first kappa shape index (κ1) is 20.2. The maximum absolute atomic E-state index is 12.5. The Balaban J connectivity index is 1.42. The molecule has 1 saturated heterocycles. The van der Waals surface area contributed by atoms with Crippen molar-refractivity contribution >= 4 is 23.6 Å². The molecule has 1 heterocycles. The van der Waals surface area contributed by atoms with Gasteiger partial charge in [-0.25, -0.2) is 0 Å². The molecule has 0 bridgehead atoms. The first-order valence-electron chi connectivity index (χ1n) is 9.99. The monoisotopic (exact) mass is 416 g/mol. The topological polar surface area (TPSA) is 49.4 Å². The fourth-order valence-electron chi connectivity index (χ4n) is 3.57. The predicted octanol–water partition coefficient (Wildman–Crippen LogP) is 4.70. The molecule has 0 spiro atoms. The van der Waals surface area contributed by atoms with Crippen LogP contribution in [0.1, 0.15) is 38.0 Å². The molecule has 1 atom stereocenters. The van der Waals surface area contributed by atoms with Crippen molar-refractivity contribution in [3.05, 3.63) is 107 Å². The summed E-state index contributed by atoms with van der Waals surface area (Å²) >= 11 is 1.63. The van der Waals surface area contributed by atoms with Crippen LogP contribution in [0.5, 0.6) is 0 Å². The molecule has 152 valence electrons. The fourth-order valence-corrected chi connectivity index (χ4v) is 4.75. The molecule has 1 aliphatic rings. The van der Waals surface area contributed by atoms with E-state index >= 15 is 0 Å². The van der Waals surface area contributed by atoms with Gasteiger partial charge >= 0.3 is 0 Å². The largest absolute Gasteiger partial charge is 0.348 e. The van der Waals surface area contributed by atoms with Gasteiger partial charge < -0.3 is 10.2 Å². The molecule has 30 heavy (non-hydrogen) atoms. The molecule has 3 aromatic carbocycles. The lowest BCUT2D eigenvalue weighted by molar-refractivity contribution is -0.128. The van der Waals surface area contributed by atoms with Gasteiger partial charge in [0.15, 0.2) is 0 Å². The maximum atomic E-state index is 12.5. The van der Waals surface area contributed by atoms with Gasteiger partial charge in [-0.2, -0.15) is 0 Å². The highest BCUT2D eigenvalue weighted by Crippen LogP contribution is 2.39. The molecule has 0 radical (unpaired) electrons. The second-order valence-corrected chi connectivity index (χ2v) is 8.47. The minimum absolute atomic E-state index is 0.0261. The number of nitrogens with zero attached hydrogens (tertiary/aromatic N) is 1. The molecular weight excluding hydrogens is 392 g/mol. The highest BCUT2D eigenvalue weighted by Gasteiger charge is 2.32. The van der Waals surface area contributed by atoms with Crippen LogP contribution in [0.3, 0.4) is 0 Å². The van der Waals surface area contributed by atoms with Crippen LogP contribution in [-0.4, -0.2) is 22.5 Å². The number of nitrogens with one attached hydrogen (secondary N) is 1. The minimum atomic E-state index is -0.0962. The molecule has 0 aromatic heterocycles. The number of hydrogen-bond donors (Lipinski definition) is 1. The number of thioether (sulfide) groups is 1. The second kappa shape index (κ2) is 9.18. The Kier molecular flexibility index (Phi) is 6.19. The standard InChI is InChI=1S/C25H24N2O2S/c1-18-7-5-6-10-22(18)15-26-24(29)20-11-13-21(14-12-20)25-27(23(28)17-30-25)16-19-8-3-2-4-9-19/h2-14,25H,15-17H2,1H3,(H,26,29). The first-order valence-corrected chi connectivity index (χ1v) is 11.0. The molecule has 1 unspecified atom stereocenters. The van der Waals surface area contributed by atoms with E-state index < -0.39 is 0 Å². The number of rotatable bonds is 6. The summed E-state index contributed by atoms with van der Waals surface area (Å²) < 4.78 is 0. The predicted molar refractivity (Wildman–Crippen MR) is 121 cm³/mol. The SMILES string of the molecule is Cc1ccccc1CNC(=O)c1ccc(C2SCC(=O)N2Cc2ccccc2)cc1. The summed E-state index contributed by atoms with van der Waals surface area (Å²) in [7, 11) is 0. The minimum Gasteiger partial charge on any atom is -0.348 e. The summed E-state index contributed by atoms with van der Waals surface area (Å²) in [6.07, 6.45) is 0. The number of aryl methyl sites for hydroxylation is 1. The lowest BCUT2D eigenvalue weighted by atomic mass is 10.1. The van der Waals surface area contributed by atoms with E-state index in [2.05, 4.69) is 5.32 Å². The summed E-state index contributed by atoms with van der Waals surface area (Å²) in [6, 6.07) is 25.6. The van der Waals surface area contributed by atoms with E-state index in [0.717, 1.165) is 22.3 Å². The molecule has 4 rings (SSSR count). The molecule has 4 nitrogen and oxygen atoms in total. The summed E-state index contributed by atoms with van der Waals surface area (Å²) in [6.45, 7) is 3.14. The number of carbonyl (C=O) groups excluding carboxylic acids is 2. The molecule has 1 aliphatic heterocycles. The summed E-state index contributed by atoms with van der Waals surface area (Å²) in [5.74, 6) is 0.533. The van der Waals surface area contributed by atoms with Crippen LogP contribution >= 0.6 is 11.8 Å². The summed E-state index contributed by atoms with van der Waals surface area (Å²) in [5.41, 5.74) is 5.05. The van der Waals surface area contributed by atoms with Crippen LogP contribution in [0.15, 0.2) is 78.9 Å². The third-order valence-corrected chi connectivity index (χ3v) is 6.58. The molecule has 2 amide bonds. The molecule has 5 heteroatoms. The van der Waals surface area contributed by atoms with Gasteiger partial charge in [-0.1, -0.05) is 66.7 Å². The van der Waals surface area contributed by atoms with Crippen LogP contribution < -0.4 is 5.32 Å². The number of carbonyl (C=O) groups is 2. The highest BCUT2D eigenvalue weighted by atomic mass is 32.2. The van der Waals surface area contributed by atoms with Crippen molar-refractivity contribution in [2.24, 2.45) is 0 Å². The van der Waals surface area contributed by atoms with E-state index in [0.29, 0.717) is 24.4 Å². The molecule has 3 aromatic rings. The average molecular weight is 417 g/mol. The quantitative estimate of drug-likeness (QED) is 0.634. The Labute approximate surface area is 181 Å². The Morgan fingerprint density at radius 2 is 1.70 bits per heavy atom. The van der Waals surface area contributed by atoms with E-state index in [1.807, 2.05) is 90.7 Å². The van der Waals surface area contributed by atoms with E-state index in [4.69, 9.17) is 0 Å². The smallest absolute Gasteiger partial charge is 0.251 e. The molecule has 1 fully saturated rings. The van der Waals surface area contributed by atoms with Gasteiger partial charge in [0.2, 0.25) is 5.91 Å². The summed E-state index contributed by atoms with van der Waals surface area (Å²) in [4.78, 5) is 26.9. The molecule has 0 aliphatic carbocycles. The zero-order chi connectivity index (χ0) is 20.9. The van der Waals surface area contributed by atoms with Gasteiger partial charge in [-0.05, 0) is 41.3 Å². The van der Waals surface area contributed by atoms with Crippen molar-refractivity contribution in [1.82, 2.24) is 10.2 Å². The van der Waals surface area contributed by atoms with E-state index in [1.54, 1.807) is 11.8 Å². The Morgan fingerprint density at radius 1 is 1.00 bits per heavy atom. The number of amides is 2. The molecular formula is C25H24N2O2S. The van der Waals surface area contributed by atoms with Crippen LogP contribution in [0, 0.1) is 6.92 Å². The van der Waals surface area contributed by atoms with Crippen molar-refractivity contribution in [2.45, 2.75) is 25.4 Å². The normalized spacial score (nSPS) is 16.0. The summed E-state index contributed by atoms with van der Waals surface area (Å²) in [5, 5.41) is 2.96. The van der Waals surface area contributed by atoms with Crippen LogP contribution in [0.2, 0.25) is 0 Å².